The fraction of sp³-hybridized carbons (Fsp3) is 0.900. The van der Waals surface area contributed by atoms with Gasteiger partial charge in [0.1, 0.15) is 0 Å². The third-order valence-corrected chi connectivity index (χ3v) is 3.70. The number of amides is 1. The van der Waals surface area contributed by atoms with Gasteiger partial charge in [0.2, 0.25) is 5.91 Å². The van der Waals surface area contributed by atoms with Crippen LogP contribution in [-0.2, 0) is 4.79 Å². The van der Waals surface area contributed by atoms with E-state index in [1.807, 2.05) is 11.8 Å². The predicted octanol–water partition coefficient (Wildman–Crippen LogP) is 2.19. The lowest BCUT2D eigenvalue weighted by Crippen LogP contribution is -2.26. The molecule has 1 aliphatic rings. The van der Waals surface area contributed by atoms with E-state index < -0.39 is 0 Å². The molecule has 0 radical (unpaired) electrons. The molecule has 76 valence electrons. The highest BCUT2D eigenvalue weighted by Crippen LogP contribution is 2.28. The topological polar surface area (TPSA) is 29.1 Å². The Kier molecular flexibility index (Phi) is 5.28. The van der Waals surface area contributed by atoms with Crippen molar-refractivity contribution in [3.63, 3.8) is 0 Å². The number of thioether (sulfide) groups is 1. The number of rotatable bonds is 5. The van der Waals surface area contributed by atoms with E-state index >= 15 is 0 Å². The number of carbonyl (C=O) groups is 1. The smallest absolute Gasteiger partial charge is 0.230 e. The summed E-state index contributed by atoms with van der Waals surface area (Å²) >= 11 is 1.83. The lowest BCUT2D eigenvalue weighted by Gasteiger charge is -2.08. The van der Waals surface area contributed by atoms with Crippen molar-refractivity contribution in [2.45, 2.75) is 44.3 Å². The molecule has 1 N–H and O–H groups in total. The van der Waals surface area contributed by atoms with Crippen LogP contribution in [0.2, 0.25) is 0 Å². The van der Waals surface area contributed by atoms with Gasteiger partial charge in [0.05, 0.1) is 5.75 Å². The minimum Gasteiger partial charge on any atom is -0.355 e. The predicted molar refractivity (Wildman–Crippen MR) is 58.0 cm³/mol. The van der Waals surface area contributed by atoms with Crippen LogP contribution in [0, 0.1) is 0 Å². The zero-order valence-corrected chi connectivity index (χ0v) is 9.16. The van der Waals surface area contributed by atoms with Crippen LogP contribution in [0.3, 0.4) is 0 Å². The first-order valence-electron chi connectivity index (χ1n) is 5.21. The van der Waals surface area contributed by atoms with Crippen LogP contribution in [-0.4, -0.2) is 23.5 Å². The standard InChI is InChI=1S/C10H19NOS/c1-2-7-11-10(12)8-13-9-5-3-4-6-9/h9H,2-8H2,1H3,(H,11,12). The summed E-state index contributed by atoms with van der Waals surface area (Å²) in [6.45, 7) is 2.90. The van der Waals surface area contributed by atoms with Gasteiger partial charge in [0.15, 0.2) is 0 Å². The van der Waals surface area contributed by atoms with E-state index in [9.17, 15) is 4.79 Å². The molecule has 13 heavy (non-hydrogen) atoms. The first-order chi connectivity index (χ1) is 6.33. The van der Waals surface area contributed by atoms with Gasteiger partial charge in [-0.25, -0.2) is 0 Å². The van der Waals surface area contributed by atoms with Crippen LogP contribution < -0.4 is 5.32 Å². The molecule has 0 saturated heterocycles. The van der Waals surface area contributed by atoms with Gasteiger partial charge >= 0.3 is 0 Å². The molecule has 0 bridgehead atoms. The molecule has 0 heterocycles. The van der Waals surface area contributed by atoms with Gasteiger partial charge in [-0.15, -0.1) is 11.8 Å². The van der Waals surface area contributed by atoms with Gasteiger partial charge in [0.25, 0.3) is 0 Å². The second-order valence-corrected chi connectivity index (χ2v) is 4.86. The Labute approximate surface area is 84.9 Å². The lowest BCUT2D eigenvalue weighted by atomic mass is 10.4. The maximum Gasteiger partial charge on any atom is 0.230 e. The zero-order chi connectivity index (χ0) is 9.52. The molecule has 0 aromatic heterocycles. The fourth-order valence-corrected chi connectivity index (χ4v) is 2.72. The van der Waals surface area contributed by atoms with Crippen molar-refractivity contribution in [2.24, 2.45) is 0 Å². The van der Waals surface area contributed by atoms with Crippen molar-refractivity contribution in [2.75, 3.05) is 12.3 Å². The summed E-state index contributed by atoms with van der Waals surface area (Å²) in [6.07, 6.45) is 6.36. The molecule has 1 amide bonds. The maximum absolute atomic E-state index is 11.2. The lowest BCUT2D eigenvalue weighted by molar-refractivity contribution is -0.118. The molecule has 2 nitrogen and oxygen atoms in total. The number of nitrogens with one attached hydrogen (secondary N) is 1. The molecule has 1 fully saturated rings. The summed E-state index contributed by atoms with van der Waals surface area (Å²) in [5, 5.41) is 3.65. The fourth-order valence-electron chi connectivity index (χ4n) is 1.56. The normalized spacial score (nSPS) is 17.6. The van der Waals surface area contributed by atoms with E-state index in [2.05, 4.69) is 12.2 Å². The monoisotopic (exact) mass is 201 g/mol. The van der Waals surface area contributed by atoms with E-state index in [0.717, 1.165) is 18.2 Å². The number of carbonyl (C=O) groups excluding carboxylic acids is 1. The van der Waals surface area contributed by atoms with Crippen molar-refractivity contribution in [1.29, 1.82) is 0 Å². The average molecular weight is 201 g/mol. The summed E-state index contributed by atoms with van der Waals surface area (Å²) in [5.41, 5.74) is 0. The van der Waals surface area contributed by atoms with Crippen molar-refractivity contribution in [1.82, 2.24) is 5.32 Å². The molecular weight excluding hydrogens is 182 g/mol. The molecule has 1 saturated carbocycles. The molecule has 0 aromatic rings. The highest BCUT2D eigenvalue weighted by Gasteiger charge is 2.16. The van der Waals surface area contributed by atoms with Gasteiger partial charge < -0.3 is 5.32 Å². The SMILES string of the molecule is CCCNC(=O)CSC1CCCC1. The third-order valence-electron chi connectivity index (χ3n) is 2.32. The highest BCUT2D eigenvalue weighted by atomic mass is 32.2. The zero-order valence-electron chi connectivity index (χ0n) is 8.34. The molecule has 3 heteroatoms. The van der Waals surface area contributed by atoms with Crippen molar-refractivity contribution in [3.05, 3.63) is 0 Å². The van der Waals surface area contributed by atoms with Crippen molar-refractivity contribution in [3.8, 4) is 0 Å². The van der Waals surface area contributed by atoms with E-state index in [1.165, 1.54) is 25.7 Å². The maximum atomic E-state index is 11.2. The Hall–Kier alpha value is -0.180. The van der Waals surface area contributed by atoms with Crippen molar-refractivity contribution < 1.29 is 4.79 Å². The average Bonchev–Trinajstić information content (AvgIpc) is 2.64. The van der Waals surface area contributed by atoms with Crippen LogP contribution in [0.25, 0.3) is 0 Å². The van der Waals surface area contributed by atoms with Crippen LogP contribution in [0.15, 0.2) is 0 Å². The summed E-state index contributed by atoms with van der Waals surface area (Å²) in [4.78, 5) is 11.2. The van der Waals surface area contributed by atoms with Crippen LogP contribution >= 0.6 is 11.8 Å². The van der Waals surface area contributed by atoms with Gasteiger partial charge in [-0.1, -0.05) is 19.8 Å². The second kappa shape index (κ2) is 6.30. The summed E-state index contributed by atoms with van der Waals surface area (Å²) in [7, 11) is 0. The Morgan fingerprint density at radius 1 is 1.46 bits per heavy atom. The molecule has 0 aromatic carbocycles. The minimum absolute atomic E-state index is 0.207. The molecule has 0 unspecified atom stereocenters. The molecule has 0 atom stereocenters. The molecule has 1 rings (SSSR count). The van der Waals surface area contributed by atoms with Gasteiger partial charge in [-0.3, -0.25) is 4.79 Å². The minimum atomic E-state index is 0.207. The van der Waals surface area contributed by atoms with Crippen LogP contribution in [0.4, 0.5) is 0 Å². The molecule has 0 aliphatic heterocycles. The molecule has 0 spiro atoms. The van der Waals surface area contributed by atoms with Gasteiger partial charge in [-0.2, -0.15) is 0 Å². The molecular formula is C10H19NOS. The van der Waals surface area contributed by atoms with Crippen LogP contribution in [0.5, 0.6) is 0 Å². The van der Waals surface area contributed by atoms with Gasteiger partial charge in [0, 0.05) is 11.8 Å². The Balaban J connectivity index is 2.00. The first kappa shape index (κ1) is 10.9. The molecule has 1 aliphatic carbocycles. The second-order valence-electron chi connectivity index (χ2n) is 3.57. The largest absolute Gasteiger partial charge is 0.355 e. The Morgan fingerprint density at radius 3 is 2.77 bits per heavy atom. The summed E-state index contributed by atoms with van der Waals surface area (Å²) in [5.74, 6) is 0.865. The third kappa shape index (κ3) is 4.55. The van der Waals surface area contributed by atoms with E-state index in [-0.39, 0.29) is 5.91 Å². The Morgan fingerprint density at radius 2 is 2.15 bits per heavy atom. The van der Waals surface area contributed by atoms with E-state index in [4.69, 9.17) is 0 Å². The quantitative estimate of drug-likeness (QED) is 0.738. The van der Waals surface area contributed by atoms with Gasteiger partial charge in [-0.05, 0) is 19.3 Å². The number of hydrogen-bond donors (Lipinski definition) is 1. The first-order valence-corrected chi connectivity index (χ1v) is 6.26. The van der Waals surface area contributed by atoms with E-state index in [0.29, 0.717) is 5.75 Å². The van der Waals surface area contributed by atoms with Crippen molar-refractivity contribution >= 4 is 17.7 Å². The Bertz CT molecular complexity index is 155. The summed E-state index contributed by atoms with van der Waals surface area (Å²) in [6, 6.07) is 0. The summed E-state index contributed by atoms with van der Waals surface area (Å²) < 4.78 is 0. The number of hydrogen-bond acceptors (Lipinski definition) is 2. The van der Waals surface area contributed by atoms with Crippen LogP contribution in [0.1, 0.15) is 39.0 Å². The van der Waals surface area contributed by atoms with E-state index in [1.54, 1.807) is 0 Å². The highest BCUT2D eigenvalue weighted by molar-refractivity contribution is 8.00.